The van der Waals surface area contributed by atoms with Gasteiger partial charge in [-0.2, -0.15) is 0 Å². The van der Waals surface area contributed by atoms with Crippen LogP contribution in [0.3, 0.4) is 0 Å². The number of oxazole rings is 1. The SMILES string of the molecule is C[C@H]1CCCC[C@@H]1OCCNC(=O)CCn1c(=O)oc2ccccc21. The normalized spacial score (nSPS) is 20.7. The monoisotopic (exact) mass is 346 g/mol. The van der Waals surface area contributed by atoms with E-state index in [4.69, 9.17) is 9.15 Å². The van der Waals surface area contributed by atoms with Crippen LogP contribution in [0.15, 0.2) is 33.5 Å². The lowest BCUT2D eigenvalue weighted by atomic mass is 9.88. The molecule has 1 aliphatic rings. The Morgan fingerprint density at radius 2 is 2.12 bits per heavy atom. The van der Waals surface area contributed by atoms with Gasteiger partial charge in [0.15, 0.2) is 5.58 Å². The Balaban J connectivity index is 1.41. The van der Waals surface area contributed by atoms with E-state index in [1.54, 1.807) is 6.07 Å². The maximum atomic E-state index is 12.0. The van der Waals surface area contributed by atoms with Crippen LogP contribution in [0.5, 0.6) is 0 Å². The van der Waals surface area contributed by atoms with Gasteiger partial charge in [0.2, 0.25) is 5.91 Å². The number of benzene rings is 1. The van der Waals surface area contributed by atoms with Gasteiger partial charge in [0.05, 0.1) is 18.2 Å². The Kier molecular flexibility index (Phi) is 5.91. The first-order valence-corrected chi connectivity index (χ1v) is 9.12. The van der Waals surface area contributed by atoms with E-state index in [1.165, 1.54) is 23.8 Å². The summed E-state index contributed by atoms with van der Waals surface area (Å²) >= 11 is 0. The van der Waals surface area contributed by atoms with Gasteiger partial charge in [0.25, 0.3) is 0 Å². The highest BCUT2D eigenvalue weighted by atomic mass is 16.5. The number of carbonyl (C=O) groups excluding carboxylic acids is 1. The van der Waals surface area contributed by atoms with E-state index in [2.05, 4.69) is 12.2 Å². The van der Waals surface area contributed by atoms with E-state index in [1.807, 2.05) is 18.2 Å². The maximum Gasteiger partial charge on any atom is 0.419 e. The molecule has 1 aromatic heterocycles. The van der Waals surface area contributed by atoms with Crippen molar-refractivity contribution >= 4 is 17.0 Å². The average Bonchev–Trinajstić information content (AvgIpc) is 2.93. The van der Waals surface area contributed by atoms with Crippen molar-refractivity contribution in [3.63, 3.8) is 0 Å². The molecule has 3 rings (SSSR count). The van der Waals surface area contributed by atoms with Gasteiger partial charge in [0, 0.05) is 19.5 Å². The van der Waals surface area contributed by atoms with E-state index >= 15 is 0 Å². The summed E-state index contributed by atoms with van der Waals surface area (Å²) in [6.07, 6.45) is 5.43. The van der Waals surface area contributed by atoms with Crippen LogP contribution in [0.2, 0.25) is 0 Å². The second kappa shape index (κ2) is 8.34. The lowest BCUT2D eigenvalue weighted by Gasteiger charge is -2.28. The van der Waals surface area contributed by atoms with Gasteiger partial charge in [-0.3, -0.25) is 9.36 Å². The highest BCUT2D eigenvalue weighted by Gasteiger charge is 2.21. The van der Waals surface area contributed by atoms with E-state index < -0.39 is 5.76 Å². The largest absolute Gasteiger partial charge is 0.419 e. The molecule has 1 heterocycles. The molecule has 1 aliphatic carbocycles. The van der Waals surface area contributed by atoms with E-state index in [9.17, 15) is 9.59 Å². The number of aromatic nitrogens is 1. The molecule has 1 fully saturated rings. The Morgan fingerprint density at radius 3 is 2.96 bits per heavy atom. The van der Waals surface area contributed by atoms with Crippen molar-refractivity contribution < 1.29 is 13.9 Å². The molecule has 1 amide bonds. The molecule has 2 atom stereocenters. The number of nitrogens with one attached hydrogen (secondary N) is 1. The summed E-state index contributed by atoms with van der Waals surface area (Å²) in [6, 6.07) is 7.22. The highest BCUT2D eigenvalue weighted by Crippen LogP contribution is 2.25. The number of hydrogen-bond acceptors (Lipinski definition) is 4. The molecular weight excluding hydrogens is 320 g/mol. The van der Waals surface area contributed by atoms with Gasteiger partial charge in [-0.1, -0.05) is 31.9 Å². The van der Waals surface area contributed by atoms with E-state index in [0.717, 1.165) is 11.9 Å². The molecular formula is C19H26N2O4. The summed E-state index contributed by atoms with van der Waals surface area (Å²) in [7, 11) is 0. The third-order valence-corrected chi connectivity index (χ3v) is 4.93. The Morgan fingerprint density at radius 1 is 1.32 bits per heavy atom. The molecule has 0 radical (unpaired) electrons. The number of aryl methyl sites for hydroxylation is 1. The first-order valence-electron chi connectivity index (χ1n) is 9.12. The van der Waals surface area contributed by atoms with Crippen LogP contribution in [0, 0.1) is 5.92 Å². The zero-order chi connectivity index (χ0) is 17.6. The molecule has 0 unspecified atom stereocenters. The second-order valence-corrected chi connectivity index (χ2v) is 6.76. The molecule has 0 saturated heterocycles. The zero-order valence-electron chi connectivity index (χ0n) is 14.7. The minimum Gasteiger partial charge on any atom is -0.408 e. The Hall–Kier alpha value is -2.08. The van der Waals surface area contributed by atoms with Crippen LogP contribution < -0.4 is 11.1 Å². The summed E-state index contributed by atoms with van der Waals surface area (Å²) in [6.45, 7) is 3.58. The molecule has 0 aliphatic heterocycles. The van der Waals surface area contributed by atoms with Crippen molar-refractivity contribution in [2.75, 3.05) is 13.2 Å². The van der Waals surface area contributed by atoms with Gasteiger partial charge < -0.3 is 14.5 Å². The highest BCUT2D eigenvalue weighted by molar-refractivity contribution is 5.76. The van der Waals surface area contributed by atoms with Crippen molar-refractivity contribution in [2.45, 2.75) is 51.7 Å². The number of carbonyl (C=O) groups is 1. The van der Waals surface area contributed by atoms with Crippen LogP contribution in [-0.4, -0.2) is 29.7 Å². The van der Waals surface area contributed by atoms with Crippen molar-refractivity contribution in [2.24, 2.45) is 5.92 Å². The van der Waals surface area contributed by atoms with Crippen LogP contribution in [-0.2, 0) is 16.1 Å². The molecule has 0 bridgehead atoms. The number of para-hydroxylation sites is 2. The number of fused-ring (bicyclic) bond motifs is 1. The van der Waals surface area contributed by atoms with Crippen LogP contribution >= 0.6 is 0 Å². The van der Waals surface area contributed by atoms with Gasteiger partial charge in [0.1, 0.15) is 0 Å². The third-order valence-electron chi connectivity index (χ3n) is 4.93. The smallest absolute Gasteiger partial charge is 0.408 e. The van der Waals surface area contributed by atoms with Gasteiger partial charge in [-0.25, -0.2) is 4.79 Å². The van der Waals surface area contributed by atoms with Crippen molar-refractivity contribution in [3.05, 3.63) is 34.8 Å². The summed E-state index contributed by atoms with van der Waals surface area (Å²) in [5, 5.41) is 2.86. The molecule has 1 N–H and O–H groups in total. The predicted molar refractivity (Wildman–Crippen MR) is 95.5 cm³/mol. The molecule has 1 aromatic carbocycles. The van der Waals surface area contributed by atoms with E-state index in [-0.39, 0.29) is 12.3 Å². The Bertz CT molecular complexity index is 764. The fourth-order valence-corrected chi connectivity index (χ4v) is 3.46. The van der Waals surface area contributed by atoms with Gasteiger partial charge in [-0.05, 0) is 30.9 Å². The molecule has 136 valence electrons. The number of amides is 1. The van der Waals surface area contributed by atoms with Crippen molar-refractivity contribution in [1.82, 2.24) is 9.88 Å². The molecule has 25 heavy (non-hydrogen) atoms. The topological polar surface area (TPSA) is 73.5 Å². The lowest BCUT2D eigenvalue weighted by molar-refractivity contribution is -0.121. The minimum atomic E-state index is -0.427. The van der Waals surface area contributed by atoms with E-state index in [0.29, 0.717) is 37.3 Å². The zero-order valence-corrected chi connectivity index (χ0v) is 14.7. The Labute approximate surface area is 147 Å². The van der Waals surface area contributed by atoms with Gasteiger partial charge >= 0.3 is 5.76 Å². The number of nitrogens with zero attached hydrogens (tertiary/aromatic N) is 1. The molecule has 2 aromatic rings. The van der Waals surface area contributed by atoms with Crippen LogP contribution in [0.4, 0.5) is 0 Å². The average molecular weight is 346 g/mol. The van der Waals surface area contributed by atoms with Crippen molar-refractivity contribution in [3.8, 4) is 0 Å². The fraction of sp³-hybridized carbons (Fsp3) is 0.579. The number of rotatable bonds is 7. The molecule has 6 heteroatoms. The third kappa shape index (κ3) is 4.51. The summed E-state index contributed by atoms with van der Waals surface area (Å²) in [5.41, 5.74) is 1.26. The standard InChI is InChI=1S/C19H26N2O4/c1-14-6-2-4-8-16(14)24-13-11-20-18(22)10-12-21-15-7-3-5-9-17(15)25-19(21)23/h3,5,7,9,14,16H,2,4,6,8,10-13H2,1H3,(H,20,22)/t14-,16-/m0/s1. The molecule has 0 spiro atoms. The summed E-state index contributed by atoms with van der Waals surface area (Å²) in [4.78, 5) is 23.9. The first kappa shape index (κ1) is 17.7. The fourth-order valence-electron chi connectivity index (χ4n) is 3.46. The number of ether oxygens (including phenoxy) is 1. The minimum absolute atomic E-state index is 0.0857. The molecule has 1 saturated carbocycles. The maximum absolute atomic E-state index is 12.0. The van der Waals surface area contributed by atoms with Crippen molar-refractivity contribution in [1.29, 1.82) is 0 Å². The van der Waals surface area contributed by atoms with Crippen LogP contribution in [0.1, 0.15) is 39.0 Å². The number of hydrogen-bond donors (Lipinski definition) is 1. The summed E-state index contributed by atoms with van der Waals surface area (Å²) < 4.78 is 12.5. The first-order chi connectivity index (χ1) is 12.1. The van der Waals surface area contributed by atoms with Gasteiger partial charge in [-0.15, -0.1) is 0 Å². The quantitative estimate of drug-likeness (QED) is 0.782. The van der Waals surface area contributed by atoms with Crippen LogP contribution in [0.25, 0.3) is 11.1 Å². The second-order valence-electron chi connectivity index (χ2n) is 6.76. The summed E-state index contributed by atoms with van der Waals surface area (Å²) in [5.74, 6) is 0.0896. The predicted octanol–water partition coefficient (Wildman–Crippen LogP) is 2.70. The lowest BCUT2D eigenvalue weighted by Crippen LogP contribution is -2.32. The molecule has 6 nitrogen and oxygen atoms in total.